The Hall–Kier alpha value is 0.01000. The lowest BCUT2D eigenvalue weighted by atomic mass is 10.1. The van der Waals surface area contributed by atoms with Gasteiger partial charge in [0.15, 0.2) is 0 Å². The van der Waals surface area contributed by atoms with Crippen molar-refractivity contribution >= 4 is 37.3 Å². The predicted molar refractivity (Wildman–Crippen MR) is 83.4 cm³/mol. The summed E-state index contributed by atoms with van der Waals surface area (Å²) in [6.07, 6.45) is 1.03. The van der Waals surface area contributed by atoms with Gasteiger partial charge in [0, 0.05) is 25.0 Å². The normalized spacial score (nSPS) is 20.9. The van der Waals surface area contributed by atoms with Gasteiger partial charge < -0.3 is 10.0 Å². The van der Waals surface area contributed by atoms with Crippen LogP contribution in [0.25, 0.3) is 0 Å². The summed E-state index contributed by atoms with van der Waals surface area (Å²) in [4.78, 5) is 3.11. The SMILES string of the molecule is CN1CCC(CN(C)S(=O)(=O)c2cc(CO)sc2Br)C1. The first kappa shape index (κ1) is 16.4. The van der Waals surface area contributed by atoms with E-state index in [1.54, 1.807) is 13.1 Å². The van der Waals surface area contributed by atoms with Crippen LogP contribution in [-0.2, 0) is 16.6 Å². The third kappa shape index (κ3) is 3.42. The van der Waals surface area contributed by atoms with Gasteiger partial charge in [-0.15, -0.1) is 11.3 Å². The molecule has 0 bridgehead atoms. The molecule has 0 spiro atoms. The Bertz CT molecular complexity index is 573. The van der Waals surface area contributed by atoms with E-state index in [1.807, 2.05) is 0 Å². The number of thiophene rings is 1. The van der Waals surface area contributed by atoms with Crippen molar-refractivity contribution in [2.75, 3.05) is 33.7 Å². The monoisotopic (exact) mass is 382 g/mol. The van der Waals surface area contributed by atoms with Gasteiger partial charge in [-0.3, -0.25) is 0 Å². The topological polar surface area (TPSA) is 60.9 Å². The van der Waals surface area contributed by atoms with Crippen molar-refractivity contribution in [3.8, 4) is 0 Å². The zero-order valence-corrected chi connectivity index (χ0v) is 14.8. The maximum atomic E-state index is 12.6. The van der Waals surface area contributed by atoms with E-state index in [1.165, 1.54) is 15.6 Å². The van der Waals surface area contributed by atoms with Gasteiger partial charge >= 0.3 is 0 Å². The van der Waals surface area contributed by atoms with Crippen LogP contribution < -0.4 is 0 Å². The van der Waals surface area contributed by atoms with Gasteiger partial charge in [0.25, 0.3) is 0 Å². The largest absolute Gasteiger partial charge is 0.391 e. The number of nitrogens with zero attached hydrogens (tertiary/aromatic N) is 2. The van der Waals surface area contributed by atoms with Crippen molar-refractivity contribution in [2.24, 2.45) is 5.92 Å². The minimum absolute atomic E-state index is 0.143. The van der Waals surface area contributed by atoms with E-state index in [9.17, 15) is 8.42 Å². The smallest absolute Gasteiger partial charge is 0.244 e. The van der Waals surface area contributed by atoms with Crippen molar-refractivity contribution in [1.82, 2.24) is 9.21 Å². The summed E-state index contributed by atoms with van der Waals surface area (Å²) in [6, 6.07) is 1.54. The van der Waals surface area contributed by atoms with E-state index in [-0.39, 0.29) is 11.5 Å². The third-order valence-electron chi connectivity index (χ3n) is 3.55. The zero-order valence-electron chi connectivity index (χ0n) is 11.5. The molecule has 1 saturated heterocycles. The number of halogens is 1. The molecule has 20 heavy (non-hydrogen) atoms. The highest BCUT2D eigenvalue weighted by Crippen LogP contribution is 2.33. The molecule has 1 fully saturated rings. The summed E-state index contributed by atoms with van der Waals surface area (Å²) >= 11 is 4.53. The number of likely N-dealkylation sites (tertiary alicyclic amines) is 1. The Kier molecular flexibility index (Phi) is 5.25. The highest BCUT2D eigenvalue weighted by Gasteiger charge is 2.29. The molecule has 0 aliphatic carbocycles. The van der Waals surface area contributed by atoms with Gasteiger partial charge in [0.2, 0.25) is 10.0 Å². The zero-order chi connectivity index (χ0) is 14.9. The van der Waals surface area contributed by atoms with Crippen molar-refractivity contribution < 1.29 is 13.5 Å². The van der Waals surface area contributed by atoms with Crippen LogP contribution in [0.15, 0.2) is 14.7 Å². The van der Waals surface area contributed by atoms with Gasteiger partial charge in [-0.2, -0.15) is 0 Å². The average molecular weight is 383 g/mol. The number of rotatable bonds is 5. The van der Waals surface area contributed by atoms with Crippen LogP contribution in [0.4, 0.5) is 0 Å². The number of sulfonamides is 1. The molecule has 1 unspecified atom stereocenters. The van der Waals surface area contributed by atoms with Crippen LogP contribution in [-0.4, -0.2) is 56.5 Å². The fourth-order valence-corrected chi connectivity index (χ4v) is 6.19. The van der Waals surface area contributed by atoms with E-state index < -0.39 is 10.0 Å². The van der Waals surface area contributed by atoms with Crippen LogP contribution in [0.2, 0.25) is 0 Å². The maximum Gasteiger partial charge on any atom is 0.244 e. The van der Waals surface area contributed by atoms with Gasteiger partial charge in [-0.05, 0) is 47.9 Å². The fourth-order valence-electron chi connectivity index (χ4n) is 2.46. The molecule has 0 aromatic carbocycles. The van der Waals surface area contributed by atoms with Crippen LogP contribution in [0.5, 0.6) is 0 Å². The van der Waals surface area contributed by atoms with E-state index in [2.05, 4.69) is 27.9 Å². The molecule has 2 rings (SSSR count). The second-order valence-corrected chi connectivity index (χ2v) is 9.68. The minimum atomic E-state index is -3.50. The summed E-state index contributed by atoms with van der Waals surface area (Å²) in [7, 11) is 0.178. The fraction of sp³-hybridized carbons (Fsp3) is 0.667. The number of hydrogen-bond acceptors (Lipinski definition) is 5. The Morgan fingerprint density at radius 1 is 1.60 bits per heavy atom. The lowest BCUT2D eigenvalue weighted by molar-refractivity contribution is 0.285. The van der Waals surface area contributed by atoms with Gasteiger partial charge in [-0.1, -0.05) is 0 Å². The molecule has 1 N–H and O–H groups in total. The summed E-state index contributed by atoms with van der Waals surface area (Å²) in [5.41, 5.74) is 0. The Labute approximate surface area is 132 Å². The molecule has 0 radical (unpaired) electrons. The Morgan fingerprint density at radius 3 is 2.80 bits per heavy atom. The third-order valence-corrected chi connectivity index (χ3v) is 7.62. The summed E-state index contributed by atoms with van der Waals surface area (Å²) < 4.78 is 27.1. The Balaban J connectivity index is 2.14. The molecule has 1 aromatic rings. The average Bonchev–Trinajstić information content (AvgIpc) is 2.95. The van der Waals surface area contributed by atoms with Crippen LogP contribution in [0.1, 0.15) is 11.3 Å². The number of hydrogen-bond donors (Lipinski definition) is 1. The molecule has 114 valence electrons. The van der Waals surface area contributed by atoms with Gasteiger partial charge in [0.05, 0.1) is 10.4 Å². The summed E-state index contributed by atoms with van der Waals surface area (Å²) in [5.74, 6) is 0.384. The second kappa shape index (κ2) is 6.41. The van der Waals surface area contributed by atoms with Gasteiger partial charge in [-0.25, -0.2) is 12.7 Å². The summed E-state index contributed by atoms with van der Waals surface area (Å²) in [5, 5.41) is 9.11. The predicted octanol–water partition coefficient (Wildman–Crippen LogP) is 1.58. The van der Waals surface area contributed by atoms with Crippen LogP contribution in [0.3, 0.4) is 0 Å². The quantitative estimate of drug-likeness (QED) is 0.839. The van der Waals surface area contributed by atoms with Crippen molar-refractivity contribution in [3.63, 3.8) is 0 Å². The molecule has 2 heterocycles. The van der Waals surface area contributed by atoms with Gasteiger partial charge in [0.1, 0.15) is 4.90 Å². The highest BCUT2D eigenvalue weighted by molar-refractivity contribution is 9.11. The number of aliphatic hydroxyl groups is 1. The van der Waals surface area contributed by atoms with Crippen LogP contribution >= 0.6 is 27.3 Å². The first-order valence-corrected chi connectivity index (χ1v) is 9.43. The van der Waals surface area contributed by atoms with E-state index >= 15 is 0 Å². The molecule has 0 saturated carbocycles. The van der Waals surface area contributed by atoms with Crippen molar-refractivity contribution in [1.29, 1.82) is 0 Å². The highest BCUT2D eigenvalue weighted by atomic mass is 79.9. The molecule has 1 aromatic heterocycles. The summed E-state index contributed by atoms with van der Waals surface area (Å²) in [6.45, 7) is 2.35. The molecule has 5 nitrogen and oxygen atoms in total. The second-order valence-electron chi connectivity index (χ2n) is 5.21. The van der Waals surface area contributed by atoms with E-state index in [4.69, 9.17) is 5.11 Å². The molecule has 1 atom stereocenters. The van der Waals surface area contributed by atoms with E-state index in [0.29, 0.717) is 21.1 Å². The van der Waals surface area contributed by atoms with Crippen molar-refractivity contribution in [2.45, 2.75) is 17.9 Å². The van der Waals surface area contributed by atoms with Crippen molar-refractivity contribution in [3.05, 3.63) is 14.7 Å². The molecular weight excluding hydrogens is 364 g/mol. The first-order valence-electron chi connectivity index (χ1n) is 6.38. The Morgan fingerprint density at radius 2 is 2.30 bits per heavy atom. The maximum absolute atomic E-state index is 12.6. The van der Waals surface area contributed by atoms with E-state index in [0.717, 1.165) is 19.5 Å². The van der Waals surface area contributed by atoms with Crippen LogP contribution in [0, 0.1) is 5.92 Å². The first-order chi connectivity index (χ1) is 9.34. The molecular formula is C12H19BrN2O3S2. The minimum Gasteiger partial charge on any atom is -0.391 e. The molecule has 1 aliphatic rings. The lowest BCUT2D eigenvalue weighted by Gasteiger charge is -2.20. The molecule has 1 aliphatic heterocycles. The molecule has 8 heteroatoms. The molecule has 0 amide bonds. The lowest BCUT2D eigenvalue weighted by Crippen LogP contribution is -2.32. The standard InChI is InChI=1S/C12H19BrN2O3S2/c1-14-4-3-9(6-14)7-15(2)20(17,18)11-5-10(8-16)19-12(11)13/h5,9,16H,3-4,6-8H2,1-2H3. The number of aliphatic hydroxyl groups excluding tert-OH is 1.